The fourth-order valence-corrected chi connectivity index (χ4v) is 1.47. The van der Waals surface area contributed by atoms with Crippen LogP contribution in [-0.2, 0) is 0 Å². The van der Waals surface area contributed by atoms with Gasteiger partial charge in [0.25, 0.3) is 0 Å². The normalized spacial score (nSPS) is 11.4. The Morgan fingerprint density at radius 2 is 2.11 bits per heavy atom. The van der Waals surface area contributed by atoms with Gasteiger partial charge in [-0.25, -0.2) is 4.98 Å². The second kappa shape index (κ2) is 6.41. The summed E-state index contributed by atoms with van der Waals surface area (Å²) in [7, 11) is 0. The van der Waals surface area contributed by atoms with Crippen molar-refractivity contribution in [3.05, 3.63) is 6.33 Å². The summed E-state index contributed by atoms with van der Waals surface area (Å²) < 4.78 is 42.5. The molecule has 0 aliphatic carbocycles. The minimum atomic E-state index is -4.43. The molecule has 9 heteroatoms. The summed E-state index contributed by atoms with van der Waals surface area (Å²) in [5.41, 5.74) is 5.60. The van der Waals surface area contributed by atoms with Crippen LogP contribution in [0.5, 0.6) is 5.88 Å². The molecule has 0 fully saturated rings. The number of aromatic nitrogens is 2. The first kappa shape index (κ1) is 15.3. The highest BCUT2D eigenvalue weighted by Crippen LogP contribution is 2.29. The van der Waals surface area contributed by atoms with E-state index in [2.05, 4.69) is 9.97 Å². The lowest BCUT2D eigenvalue weighted by molar-refractivity contribution is -0.119. The summed E-state index contributed by atoms with van der Waals surface area (Å²) >= 11 is 0. The predicted octanol–water partition coefficient (Wildman–Crippen LogP) is 0.819. The maximum atomic E-state index is 12.5. The third-order valence-electron chi connectivity index (χ3n) is 2.15. The second-order valence-electron chi connectivity index (χ2n) is 3.61. The lowest BCUT2D eigenvalue weighted by atomic mass is 10.3. The molecule has 0 amide bonds. The van der Waals surface area contributed by atoms with Crippen LogP contribution >= 0.6 is 0 Å². The van der Waals surface area contributed by atoms with Gasteiger partial charge in [-0.1, -0.05) is 0 Å². The van der Waals surface area contributed by atoms with Crippen LogP contribution in [0.3, 0.4) is 0 Å². The average molecular weight is 280 g/mol. The Labute approximate surface area is 108 Å². The van der Waals surface area contributed by atoms with Crippen LogP contribution in [-0.4, -0.2) is 47.6 Å². The molecular formula is C10H15F3N4O2. The average Bonchev–Trinajstić information content (AvgIpc) is 2.30. The highest BCUT2D eigenvalue weighted by molar-refractivity contribution is 5.67. The highest BCUT2D eigenvalue weighted by atomic mass is 19.4. The number of hydrogen-bond donors (Lipinski definition) is 2. The van der Waals surface area contributed by atoms with Crippen molar-refractivity contribution in [2.45, 2.75) is 13.1 Å². The van der Waals surface area contributed by atoms with E-state index in [-0.39, 0.29) is 30.5 Å². The van der Waals surface area contributed by atoms with Gasteiger partial charge in [-0.2, -0.15) is 18.2 Å². The third kappa shape index (κ3) is 4.43. The predicted molar refractivity (Wildman–Crippen MR) is 63.0 cm³/mol. The van der Waals surface area contributed by atoms with Gasteiger partial charge in [0.2, 0.25) is 5.88 Å². The van der Waals surface area contributed by atoms with Crippen molar-refractivity contribution >= 4 is 11.5 Å². The first-order chi connectivity index (χ1) is 8.89. The number of rotatable bonds is 6. The summed E-state index contributed by atoms with van der Waals surface area (Å²) in [4.78, 5) is 8.29. The van der Waals surface area contributed by atoms with E-state index in [1.165, 1.54) is 0 Å². The van der Waals surface area contributed by atoms with Gasteiger partial charge in [-0.15, -0.1) is 0 Å². The van der Waals surface area contributed by atoms with Gasteiger partial charge < -0.3 is 20.5 Å². The number of aliphatic hydroxyl groups excluding tert-OH is 1. The van der Waals surface area contributed by atoms with Crippen molar-refractivity contribution in [1.82, 2.24) is 9.97 Å². The zero-order valence-electron chi connectivity index (χ0n) is 10.3. The standard InChI is InChI=1S/C10H15F3N4O2/c1-2-19-9-7(14)8(15-6-16-9)17(3-4-18)5-10(11,12)13/h6,18H,2-5,14H2,1H3. The van der Waals surface area contributed by atoms with Crippen LogP contribution in [0.2, 0.25) is 0 Å². The van der Waals surface area contributed by atoms with Crippen LogP contribution in [0, 0.1) is 0 Å². The van der Waals surface area contributed by atoms with Gasteiger partial charge in [-0.3, -0.25) is 0 Å². The molecule has 0 aliphatic heterocycles. The largest absolute Gasteiger partial charge is 0.476 e. The molecule has 6 nitrogen and oxygen atoms in total. The topological polar surface area (TPSA) is 84.5 Å². The molecule has 108 valence electrons. The molecule has 0 aliphatic rings. The molecule has 0 atom stereocenters. The van der Waals surface area contributed by atoms with E-state index in [1.54, 1.807) is 6.92 Å². The zero-order valence-corrected chi connectivity index (χ0v) is 10.3. The first-order valence-corrected chi connectivity index (χ1v) is 5.54. The summed E-state index contributed by atoms with van der Waals surface area (Å²) in [6, 6.07) is 0. The minimum Gasteiger partial charge on any atom is -0.476 e. The van der Waals surface area contributed by atoms with E-state index in [9.17, 15) is 13.2 Å². The van der Waals surface area contributed by atoms with E-state index in [4.69, 9.17) is 15.6 Å². The van der Waals surface area contributed by atoms with E-state index in [0.717, 1.165) is 11.2 Å². The van der Waals surface area contributed by atoms with Crippen molar-refractivity contribution in [2.75, 3.05) is 36.9 Å². The number of aliphatic hydroxyl groups is 1. The third-order valence-corrected chi connectivity index (χ3v) is 2.15. The van der Waals surface area contributed by atoms with Gasteiger partial charge in [0.15, 0.2) is 5.82 Å². The Kier molecular flexibility index (Phi) is 5.16. The number of nitrogens with zero attached hydrogens (tertiary/aromatic N) is 3. The maximum absolute atomic E-state index is 12.5. The zero-order chi connectivity index (χ0) is 14.5. The Balaban J connectivity index is 3.05. The number of hydrogen-bond acceptors (Lipinski definition) is 6. The summed E-state index contributed by atoms with van der Waals surface area (Å²) in [6.07, 6.45) is -3.37. The van der Waals surface area contributed by atoms with Crippen molar-refractivity contribution in [3.8, 4) is 5.88 Å². The van der Waals surface area contributed by atoms with E-state index in [1.807, 2.05) is 0 Å². The fraction of sp³-hybridized carbons (Fsp3) is 0.600. The van der Waals surface area contributed by atoms with Crippen LogP contribution < -0.4 is 15.4 Å². The molecule has 1 rings (SSSR count). The van der Waals surface area contributed by atoms with Crippen LogP contribution in [0.1, 0.15) is 6.92 Å². The fourth-order valence-electron chi connectivity index (χ4n) is 1.47. The van der Waals surface area contributed by atoms with Gasteiger partial charge in [0.1, 0.15) is 18.6 Å². The Bertz CT molecular complexity index is 414. The Hall–Kier alpha value is -1.77. The molecular weight excluding hydrogens is 265 g/mol. The first-order valence-electron chi connectivity index (χ1n) is 5.54. The number of alkyl halides is 3. The molecule has 0 aromatic carbocycles. The smallest absolute Gasteiger partial charge is 0.405 e. The van der Waals surface area contributed by atoms with Crippen molar-refractivity contribution in [1.29, 1.82) is 0 Å². The lowest BCUT2D eigenvalue weighted by Crippen LogP contribution is -2.37. The molecule has 1 aromatic rings. The molecule has 19 heavy (non-hydrogen) atoms. The van der Waals surface area contributed by atoms with Crippen LogP contribution in [0.15, 0.2) is 6.33 Å². The summed E-state index contributed by atoms with van der Waals surface area (Å²) in [5, 5.41) is 8.83. The quantitative estimate of drug-likeness (QED) is 0.802. The minimum absolute atomic E-state index is 0.0256. The van der Waals surface area contributed by atoms with Crippen molar-refractivity contribution < 1.29 is 23.0 Å². The second-order valence-corrected chi connectivity index (χ2v) is 3.61. The number of anilines is 2. The van der Waals surface area contributed by atoms with Crippen molar-refractivity contribution in [3.63, 3.8) is 0 Å². The molecule has 1 heterocycles. The molecule has 0 spiro atoms. The van der Waals surface area contributed by atoms with E-state index >= 15 is 0 Å². The SMILES string of the molecule is CCOc1ncnc(N(CCO)CC(F)(F)F)c1N. The van der Waals surface area contributed by atoms with Crippen LogP contribution in [0.4, 0.5) is 24.7 Å². The molecule has 0 saturated heterocycles. The number of ether oxygens (including phenoxy) is 1. The maximum Gasteiger partial charge on any atom is 0.405 e. The molecule has 0 bridgehead atoms. The highest BCUT2D eigenvalue weighted by Gasteiger charge is 2.32. The monoisotopic (exact) mass is 280 g/mol. The summed E-state index contributed by atoms with van der Waals surface area (Å²) in [6.45, 7) is 0.0124. The lowest BCUT2D eigenvalue weighted by Gasteiger charge is -2.25. The molecule has 1 aromatic heterocycles. The van der Waals surface area contributed by atoms with E-state index in [0.29, 0.717) is 0 Å². The molecule has 0 unspecified atom stereocenters. The van der Waals surface area contributed by atoms with Gasteiger partial charge in [0.05, 0.1) is 13.2 Å². The van der Waals surface area contributed by atoms with Crippen LogP contribution in [0.25, 0.3) is 0 Å². The van der Waals surface area contributed by atoms with Crippen molar-refractivity contribution in [2.24, 2.45) is 0 Å². The number of nitrogen functional groups attached to an aromatic ring is 1. The Morgan fingerprint density at radius 3 is 2.63 bits per heavy atom. The molecule has 0 radical (unpaired) electrons. The summed E-state index contributed by atoms with van der Waals surface area (Å²) in [5.74, 6) is -0.0811. The van der Waals surface area contributed by atoms with Gasteiger partial charge >= 0.3 is 6.18 Å². The molecule has 3 N–H and O–H groups in total. The number of halogens is 3. The Morgan fingerprint density at radius 1 is 1.42 bits per heavy atom. The number of nitrogens with two attached hydrogens (primary N) is 1. The van der Waals surface area contributed by atoms with Gasteiger partial charge in [0, 0.05) is 6.54 Å². The van der Waals surface area contributed by atoms with Gasteiger partial charge in [-0.05, 0) is 6.92 Å². The molecule has 0 saturated carbocycles. The van der Waals surface area contributed by atoms with E-state index < -0.39 is 19.3 Å².